The molecule has 142 valence electrons. The lowest BCUT2D eigenvalue weighted by Crippen LogP contribution is -2.48. The van der Waals surface area contributed by atoms with E-state index in [4.69, 9.17) is 9.15 Å². The summed E-state index contributed by atoms with van der Waals surface area (Å²) in [5, 5.41) is 8.80. The van der Waals surface area contributed by atoms with E-state index in [-0.39, 0.29) is 12.6 Å². The van der Waals surface area contributed by atoms with Crippen LogP contribution in [-0.4, -0.2) is 25.2 Å². The van der Waals surface area contributed by atoms with Gasteiger partial charge in [-0.25, -0.2) is 9.59 Å². The molecule has 1 aliphatic heterocycles. The number of carbonyl (C=O) groups excluding carboxylic acids is 2. The van der Waals surface area contributed by atoms with Gasteiger partial charge in [0.25, 0.3) is 0 Å². The molecule has 2 amide bonds. The number of benzene rings is 1. The molecule has 0 fully saturated rings. The van der Waals surface area contributed by atoms with Crippen molar-refractivity contribution < 1.29 is 18.7 Å². The van der Waals surface area contributed by atoms with Crippen LogP contribution >= 0.6 is 0 Å². The zero-order valence-corrected chi connectivity index (χ0v) is 15.3. The smallest absolute Gasteiger partial charge is 0.338 e. The third kappa shape index (κ3) is 4.38. The lowest BCUT2D eigenvalue weighted by Gasteiger charge is -2.28. The summed E-state index contributed by atoms with van der Waals surface area (Å²) >= 11 is 0. The predicted molar refractivity (Wildman–Crippen MR) is 99.6 cm³/mol. The maximum absolute atomic E-state index is 12.6. The van der Waals surface area contributed by atoms with Gasteiger partial charge in [-0.05, 0) is 31.5 Å². The molecule has 0 saturated carbocycles. The van der Waals surface area contributed by atoms with Gasteiger partial charge in [0.05, 0.1) is 18.4 Å². The fourth-order valence-corrected chi connectivity index (χ4v) is 2.99. The molecule has 3 N–H and O–H groups in total. The van der Waals surface area contributed by atoms with Crippen LogP contribution < -0.4 is 16.0 Å². The van der Waals surface area contributed by atoms with Gasteiger partial charge in [-0.3, -0.25) is 0 Å². The summed E-state index contributed by atoms with van der Waals surface area (Å²) in [6.07, 6.45) is 1.50. The number of esters is 1. The van der Waals surface area contributed by atoms with Crippen LogP contribution in [0.5, 0.6) is 0 Å². The summed E-state index contributed by atoms with van der Waals surface area (Å²) in [6.45, 7) is 4.30. The number of hydrogen-bond donors (Lipinski definition) is 3. The molecule has 0 aliphatic carbocycles. The Bertz CT molecular complexity index is 815. The van der Waals surface area contributed by atoms with Crippen LogP contribution in [-0.2, 0) is 9.53 Å². The number of amides is 2. The van der Waals surface area contributed by atoms with Crippen molar-refractivity contribution in [3.8, 4) is 0 Å². The highest BCUT2D eigenvalue weighted by atomic mass is 16.5. The highest BCUT2D eigenvalue weighted by Gasteiger charge is 2.35. The topological polar surface area (TPSA) is 92.6 Å². The van der Waals surface area contributed by atoms with Gasteiger partial charge in [0, 0.05) is 18.3 Å². The first-order valence-corrected chi connectivity index (χ1v) is 8.89. The van der Waals surface area contributed by atoms with Crippen molar-refractivity contribution in [2.45, 2.75) is 25.9 Å². The molecule has 7 heteroatoms. The Morgan fingerprint density at radius 2 is 2.04 bits per heavy atom. The van der Waals surface area contributed by atoms with E-state index in [0.717, 1.165) is 5.56 Å². The minimum Gasteiger partial charge on any atom is -0.467 e. The number of furan rings is 1. The van der Waals surface area contributed by atoms with Crippen molar-refractivity contribution in [1.82, 2.24) is 16.0 Å². The summed E-state index contributed by atoms with van der Waals surface area (Å²) in [4.78, 5) is 24.7. The van der Waals surface area contributed by atoms with Gasteiger partial charge in [0.15, 0.2) is 0 Å². The number of ether oxygens (including phenoxy) is 1. The van der Waals surface area contributed by atoms with E-state index >= 15 is 0 Å². The molecule has 0 unspecified atom stereocenters. The molecule has 2 atom stereocenters. The molecule has 0 saturated heterocycles. The Morgan fingerprint density at radius 1 is 1.26 bits per heavy atom. The van der Waals surface area contributed by atoms with Crippen LogP contribution in [0.1, 0.15) is 37.3 Å². The third-order valence-electron chi connectivity index (χ3n) is 4.36. The number of carbonyl (C=O) groups is 2. The van der Waals surface area contributed by atoms with Crippen molar-refractivity contribution in [2.24, 2.45) is 0 Å². The second-order valence-corrected chi connectivity index (χ2v) is 6.17. The quantitative estimate of drug-likeness (QED) is 0.653. The summed E-state index contributed by atoms with van der Waals surface area (Å²) in [7, 11) is 0. The Kier molecular flexibility index (Phi) is 5.93. The maximum Gasteiger partial charge on any atom is 0.338 e. The predicted octanol–water partition coefficient (Wildman–Crippen LogP) is 2.80. The summed E-state index contributed by atoms with van der Waals surface area (Å²) in [6, 6.07) is 12.3. The molecular weight excluding hydrogens is 346 g/mol. The summed E-state index contributed by atoms with van der Waals surface area (Å²) < 4.78 is 10.6. The first-order valence-electron chi connectivity index (χ1n) is 8.89. The number of nitrogens with one attached hydrogen (secondary N) is 3. The highest BCUT2D eigenvalue weighted by Crippen LogP contribution is 2.28. The van der Waals surface area contributed by atoms with Crippen LogP contribution in [0.3, 0.4) is 0 Å². The van der Waals surface area contributed by atoms with Crippen molar-refractivity contribution >= 4 is 12.0 Å². The van der Waals surface area contributed by atoms with Crippen LogP contribution in [0.2, 0.25) is 0 Å². The molecule has 2 heterocycles. The molecule has 1 aromatic heterocycles. The van der Waals surface area contributed by atoms with Gasteiger partial charge in [-0.2, -0.15) is 0 Å². The normalized spacial score (nSPS) is 17.9. The minimum absolute atomic E-state index is 0.0380. The first-order chi connectivity index (χ1) is 13.1. The second-order valence-electron chi connectivity index (χ2n) is 6.17. The molecule has 7 nitrogen and oxygen atoms in total. The zero-order chi connectivity index (χ0) is 19.2. The first kappa shape index (κ1) is 18.7. The van der Waals surface area contributed by atoms with Crippen molar-refractivity contribution in [1.29, 1.82) is 0 Å². The molecule has 27 heavy (non-hydrogen) atoms. The number of urea groups is 1. The standard InChI is InChI=1S/C20H23N3O4/c1-3-26-19(24)17-15(12-21-13(2)14-8-5-4-6-9-14)22-20(25)23-18(17)16-10-7-11-27-16/h4-11,13,18,21H,3,12H2,1-2H3,(H2,22,23,25)/t13-,18+/m0/s1. The molecule has 2 aromatic rings. The van der Waals surface area contributed by atoms with E-state index in [1.165, 1.54) is 6.26 Å². The third-order valence-corrected chi connectivity index (χ3v) is 4.36. The second kappa shape index (κ2) is 8.55. The van der Waals surface area contributed by atoms with Crippen molar-refractivity contribution in [2.75, 3.05) is 13.2 Å². The lowest BCUT2D eigenvalue weighted by atomic mass is 9.99. The van der Waals surface area contributed by atoms with Gasteiger partial charge in [0.1, 0.15) is 11.8 Å². The average molecular weight is 369 g/mol. The van der Waals surface area contributed by atoms with Crippen molar-refractivity contribution in [3.05, 3.63) is 71.3 Å². The fourth-order valence-electron chi connectivity index (χ4n) is 2.99. The van der Waals surface area contributed by atoms with Gasteiger partial charge in [-0.15, -0.1) is 0 Å². The molecule has 0 spiro atoms. The van der Waals surface area contributed by atoms with Crippen LogP contribution in [0.4, 0.5) is 4.79 Å². The largest absolute Gasteiger partial charge is 0.467 e. The van der Waals surface area contributed by atoms with Crippen LogP contribution in [0.25, 0.3) is 0 Å². The van der Waals surface area contributed by atoms with Gasteiger partial charge in [0.2, 0.25) is 0 Å². The van der Waals surface area contributed by atoms with E-state index in [1.807, 2.05) is 37.3 Å². The van der Waals surface area contributed by atoms with E-state index < -0.39 is 18.0 Å². The Hall–Kier alpha value is -3.06. The Labute approximate surface area is 157 Å². The fraction of sp³-hybridized carbons (Fsp3) is 0.300. The lowest BCUT2D eigenvalue weighted by molar-refractivity contribution is -0.139. The SMILES string of the molecule is CCOC(=O)C1=C(CN[C@@H](C)c2ccccc2)NC(=O)N[C@@H]1c1ccco1. The molecule has 1 aromatic carbocycles. The number of rotatable bonds is 7. The van der Waals surface area contributed by atoms with Gasteiger partial charge >= 0.3 is 12.0 Å². The number of hydrogen-bond acceptors (Lipinski definition) is 5. The molecule has 1 aliphatic rings. The highest BCUT2D eigenvalue weighted by molar-refractivity contribution is 5.95. The minimum atomic E-state index is -0.698. The van der Waals surface area contributed by atoms with Crippen molar-refractivity contribution in [3.63, 3.8) is 0 Å². The van der Waals surface area contributed by atoms with E-state index in [2.05, 4.69) is 16.0 Å². The van der Waals surface area contributed by atoms with Crippen LogP contribution in [0.15, 0.2) is 64.4 Å². The Balaban J connectivity index is 1.87. The van der Waals surface area contributed by atoms with E-state index in [0.29, 0.717) is 23.6 Å². The summed E-state index contributed by atoms with van der Waals surface area (Å²) in [5.41, 5.74) is 1.92. The molecular formula is C20H23N3O4. The van der Waals surface area contributed by atoms with Crippen LogP contribution in [0, 0.1) is 0 Å². The monoisotopic (exact) mass is 369 g/mol. The van der Waals surface area contributed by atoms with E-state index in [9.17, 15) is 9.59 Å². The zero-order valence-electron chi connectivity index (χ0n) is 15.3. The molecule has 3 rings (SSSR count). The average Bonchev–Trinajstić information content (AvgIpc) is 3.21. The summed E-state index contributed by atoms with van der Waals surface area (Å²) in [5.74, 6) is -0.0166. The molecule has 0 bridgehead atoms. The Morgan fingerprint density at radius 3 is 2.70 bits per heavy atom. The van der Waals surface area contributed by atoms with Gasteiger partial charge < -0.3 is 25.1 Å². The molecule has 0 radical (unpaired) electrons. The van der Waals surface area contributed by atoms with Gasteiger partial charge in [-0.1, -0.05) is 30.3 Å². The van der Waals surface area contributed by atoms with E-state index in [1.54, 1.807) is 19.1 Å². The maximum atomic E-state index is 12.6.